The second-order valence-corrected chi connectivity index (χ2v) is 3.24. The van der Waals surface area contributed by atoms with E-state index in [0.717, 1.165) is 0 Å². The van der Waals surface area contributed by atoms with Crippen LogP contribution in [0.1, 0.15) is 10.5 Å². The molecular formula is C7H9BrN2O3. The normalized spacial score (nSPS) is 10.3. The number of halogens is 1. The Hall–Kier alpha value is -0.880. The van der Waals surface area contributed by atoms with E-state index < -0.39 is 5.97 Å². The lowest BCUT2D eigenvalue weighted by Crippen LogP contribution is -2.06. The zero-order chi connectivity index (χ0) is 9.84. The van der Waals surface area contributed by atoms with Crippen LogP contribution < -0.4 is 0 Å². The van der Waals surface area contributed by atoms with Gasteiger partial charge in [-0.25, -0.2) is 4.79 Å². The summed E-state index contributed by atoms with van der Waals surface area (Å²) in [5, 5.41) is 12.5. The summed E-state index contributed by atoms with van der Waals surface area (Å²) in [6.45, 7) is 1.05. The Morgan fingerprint density at radius 1 is 1.85 bits per heavy atom. The van der Waals surface area contributed by atoms with Crippen LogP contribution >= 0.6 is 15.9 Å². The lowest BCUT2D eigenvalue weighted by molar-refractivity contribution is 0.0688. The van der Waals surface area contributed by atoms with Crippen molar-refractivity contribution in [3.63, 3.8) is 0 Å². The first-order chi connectivity index (χ1) is 6.15. The highest BCUT2D eigenvalue weighted by Crippen LogP contribution is 2.14. The molecule has 0 aliphatic heterocycles. The molecular weight excluding hydrogens is 240 g/mol. The van der Waals surface area contributed by atoms with Crippen molar-refractivity contribution in [1.82, 2.24) is 9.78 Å². The maximum atomic E-state index is 10.6. The van der Waals surface area contributed by atoms with Crippen molar-refractivity contribution in [3.05, 3.63) is 16.4 Å². The van der Waals surface area contributed by atoms with Gasteiger partial charge in [-0.15, -0.1) is 0 Å². The van der Waals surface area contributed by atoms with E-state index in [1.165, 1.54) is 4.68 Å². The zero-order valence-electron chi connectivity index (χ0n) is 7.03. The van der Waals surface area contributed by atoms with Crippen molar-refractivity contribution < 1.29 is 14.6 Å². The largest absolute Gasteiger partial charge is 0.476 e. The van der Waals surface area contributed by atoms with E-state index in [-0.39, 0.29) is 5.69 Å². The Kier molecular flexibility index (Phi) is 3.44. The Morgan fingerprint density at radius 2 is 2.54 bits per heavy atom. The number of carboxylic acid groups (broad SMARTS) is 1. The van der Waals surface area contributed by atoms with Crippen molar-refractivity contribution in [3.8, 4) is 0 Å². The average Bonchev–Trinajstić information content (AvgIpc) is 2.43. The van der Waals surface area contributed by atoms with E-state index in [9.17, 15) is 4.79 Å². The molecule has 0 fully saturated rings. The summed E-state index contributed by atoms with van der Waals surface area (Å²) in [7, 11) is 1.58. The SMILES string of the molecule is COCCn1cc(Br)c(C(=O)O)n1. The summed E-state index contributed by atoms with van der Waals surface area (Å²) in [5.74, 6) is -1.04. The molecule has 1 N–H and O–H groups in total. The Labute approximate surface area is 83.4 Å². The van der Waals surface area contributed by atoms with Crippen LogP contribution in [0.2, 0.25) is 0 Å². The number of rotatable bonds is 4. The van der Waals surface area contributed by atoms with Gasteiger partial charge in [0.1, 0.15) is 0 Å². The number of ether oxygens (including phenoxy) is 1. The molecule has 72 valence electrons. The topological polar surface area (TPSA) is 64.3 Å². The molecule has 6 heteroatoms. The van der Waals surface area contributed by atoms with Gasteiger partial charge < -0.3 is 9.84 Å². The third kappa shape index (κ3) is 2.53. The van der Waals surface area contributed by atoms with Crippen LogP contribution in [0.4, 0.5) is 0 Å². The van der Waals surface area contributed by atoms with Crippen molar-refractivity contribution in [1.29, 1.82) is 0 Å². The molecule has 1 aromatic heterocycles. The number of aromatic carboxylic acids is 1. The lowest BCUT2D eigenvalue weighted by Gasteiger charge is -1.97. The number of aromatic nitrogens is 2. The number of nitrogens with zero attached hydrogens (tertiary/aromatic N) is 2. The minimum atomic E-state index is -1.04. The molecule has 0 amide bonds. The van der Waals surface area contributed by atoms with E-state index in [1.54, 1.807) is 13.3 Å². The maximum Gasteiger partial charge on any atom is 0.357 e. The molecule has 13 heavy (non-hydrogen) atoms. The highest BCUT2D eigenvalue weighted by molar-refractivity contribution is 9.10. The number of carboxylic acids is 1. The van der Waals surface area contributed by atoms with Crippen molar-refractivity contribution >= 4 is 21.9 Å². The molecule has 1 rings (SSSR count). The summed E-state index contributed by atoms with van der Waals surface area (Å²) >= 11 is 3.10. The Morgan fingerprint density at radius 3 is 3.00 bits per heavy atom. The van der Waals surface area contributed by atoms with Gasteiger partial charge >= 0.3 is 5.97 Å². The Bertz CT molecular complexity index is 311. The summed E-state index contributed by atoms with van der Waals surface area (Å²) < 4.78 is 6.84. The summed E-state index contributed by atoms with van der Waals surface area (Å²) in [4.78, 5) is 10.6. The van der Waals surface area contributed by atoms with Crippen LogP contribution in [0.5, 0.6) is 0 Å². The monoisotopic (exact) mass is 248 g/mol. The van der Waals surface area contributed by atoms with Gasteiger partial charge in [0.05, 0.1) is 17.6 Å². The predicted octanol–water partition coefficient (Wildman–Crippen LogP) is 0.990. The summed E-state index contributed by atoms with van der Waals surface area (Å²) in [6.07, 6.45) is 1.61. The van der Waals surface area contributed by atoms with E-state index in [1.807, 2.05) is 0 Å². The van der Waals surface area contributed by atoms with Gasteiger partial charge in [0, 0.05) is 13.3 Å². The van der Waals surface area contributed by atoms with Gasteiger partial charge in [0.2, 0.25) is 0 Å². The van der Waals surface area contributed by atoms with Crippen LogP contribution in [-0.4, -0.2) is 34.6 Å². The van der Waals surface area contributed by atoms with Crippen LogP contribution in [0, 0.1) is 0 Å². The lowest BCUT2D eigenvalue weighted by atomic mass is 10.4. The smallest absolute Gasteiger partial charge is 0.357 e. The van der Waals surface area contributed by atoms with Crippen LogP contribution in [0.3, 0.4) is 0 Å². The molecule has 1 aromatic rings. The van der Waals surface area contributed by atoms with Gasteiger partial charge in [-0.3, -0.25) is 4.68 Å². The molecule has 0 saturated heterocycles. The average molecular weight is 249 g/mol. The highest BCUT2D eigenvalue weighted by atomic mass is 79.9. The van der Waals surface area contributed by atoms with E-state index >= 15 is 0 Å². The minimum absolute atomic E-state index is 0.0242. The van der Waals surface area contributed by atoms with Gasteiger partial charge in [-0.1, -0.05) is 0 Å². The third-order valence-corrected chi connectivity index (χ3v) is 2.02. The molecule has 0 unspecified atom stereocenters. The quantitative estimate of drug-likeness (QED) is 0.864. The first-order valence-corrected chi connectivity index (χ1v) is 4.39. The second kappa shape index (κ2) is 4.38. The highest BCUT2D eigenvalue weighted by Gasteiger charge is 2.12. The molecule has 0 spiro atoms. The Balaban J connectivity index is 2.76. The maximum absolute atomic E-state index is 10.6. The fraction of sp³-hybridized carbons (Fsp3) is 0.429. The first-order valence-electron chi connectivity index (χ1n) is 3.60. The van der Waals surface area contributed by atoms with Gasteiger partial charge in [-0.2, -0.15) is 5.10 Å². The molecule has 1 heterocycles. The summed E-state index contributed by atoms with van der Waals surface area (Å²) in [6, 6.07) is 0. The number of hydrogen-bond donors (Lipinski definition) is 1. The molecule has 0 radical (unpaired) electrons. The molecule has 0 aliphatic carbocycles. The molecule has 0 atom stereocenters. The van der Waals surface area contributed by atoms with Gasteiger partial charge in [-0.05, 0) is 15.9 Å². The number of methoxy groups -OCH3 is 1. The van der Waals surface area contributed by atoms with Crippen LogP contribution in [0.15, 0.2) is 10.7 Å². The van der Waals surface area contributed by atoms with Crippen LogP contribution in [-0.2, 0) is 11.3 Å². The van der Waals surface area contributed by atoms with Crippen molar-refractivity contribution in [2.45, 2.75) is 6.54 Å². The predicted molar refractivity (Wildman–Crippen MR) is 48.8 cm³/mol. The fourth-order valence-electron chi connectivity index (χ4n) is 0.841. The molecule has 0 bridgehead atoms. The molecule has 0 saturated carbocycles. The molecule has 5 nitrogen and oxygen atoms in total. The van der Waals surface area contributed by atoms with E-state index in [0.29, 0.717) is 17.6 Å². The number of carbonyl (C=O) groups is 1. The van der Waals surface area contributed by atoms with Crippen molar-refractivity contribution in [2.75, 3.05) is 13.7 Å². The molecule has 0 aliphatic rings. The molecule has 0 aromatic carbocycles. The first kappa shape index (κ1) is 10.2. The zero-order valence-corrected chi connectivity index (χ0v) is 8.61. The van der Waals surface area contributed by atoms with Crippen LogP contribution in [0.25, 0.3) is 0 Å². The minimum Gasteiger partial charge on any atom is -0.476 e. The van der Waals surface area contributed by atoms with E-state index in [4.69, 9.17) is 9.84 Å². The fourth-order valence-corrected chi connectivity index (χ4v) is 1.33. The standard InChI is InChI=1S/C7H9BrN2O3/c1-13-3-2-10-4-5(8)6(9-10)7(11)12/h4H,2-3H2,1H3,(H,11,12). The van der Waals surface area contributed by atoms with Gasteiger partial charge in [0.15, 0.2) is 5.69 Å². The third-order valence-electron chi connectivity index (χ3n) is 1.44. The van der Waals surface area contributed by atoms with Crippen molar-refractivity contribution in [2.24, 2.45) is 0 Å². The summed E-state index contributed by atoms with van der Waals surface area (Å²) in [5.41, 5.74) is 0.0242. The van der Waals surface area contributed by atoms with E-state index in [2.05, 4.69) is 21.0 Å². The van der Waals surface area contributed by atoms with Gasteiger partial charge in [0.25, 0.3) is 0 Å². The number of hydrogen-bond acceptors (Lipinski definition) is 3. The second-order valence-electron chi connectivity index (χ2n) is 2.39.